The summed E-state index contributed by atoms with van der Waals surface area (Å²) >= 11 is 0. The Bertz CT molecular complexity index is 1620. The number of rotatable bonds is 14. The van der Waals surface area contributed by atoms with Crippen molar-refractivity contribution in [3.63, 3.8) is 0 Å². The van der Waals surface area contributed by atoms with Crippen LogP contribution in [0, 0.1) is 17.3 Å². The Morgan fingerprint density at radius 3 is 2.25 bits per heavy atom. The number of nitrogens with one attached hydrogen (secondary N) is 4. The van der Waals surface area contributed by atoms with Gasteiger partial charge < -0.3 is 26.2 Å². The summed E-state index contributed by atoms with van der Waals surface area (Å²) in [5.74, 6) is -3.59. The lowest BCUT2D eigenvalue weighted by Crippen LogP contribution is -2.64. The van der Waals surface area contributed by atoms with Crippen molar-refractivity contribution in [2.75, 3.05) is 0 Å². The number of nitrogens with zero attached hydrogens (tertiary/aromatic N) is 3. The Kier molecular flexibility index (Phi) is 13.0. The van der Waals surface area contributed by atoms with Gasteiger partial charge in [-0.1, -0.05) is 83.7 Å². The van der Waals surface area contributed by atoms with Crippen LogP contribution in [0.2, 0.25) is 0 Å². The van der Waals surface area contributed by atoms with Crippen LogP contribution in [0.15, 0.2) is 48.9 Å². The van der Waals surface area contributed by atoms with E-state index in [1.54, 1.807) is 11.8 Å². The molecular weight excluding hydrogens is 674 g/mol. The highest BCUT2D eigenvalue weighted by Crippen LogP contribution is 2.44. The predicted molar refractivity (Wildman–Crippen MR) is 198 cm³/mol. The van der Waals surface area contributed by atoms with Gasteiger partial charge in [0.15, 0.2) is 0 Å². The van der Waals surface area contributed by atoms with Gasteiger partial charge in [-0.3, -0.25) is 33.8 Å². The van der Waals surface area contributed by atoms with Gasteiger partial charge in [0.1, 0.15) is 23.8 Å². The van der Waals surface area contributed by atoms with Crippen molar-refractivity contribution in [2.24, 2.45) is 17.3 Å². The first-order valence-corrected chi connectivity index (χ1v) is 19.2. The van der Waals surface area contributed by atoms with Crippen molar-refractivity contribution in [2.45, 2.75) is 135 Å². The van der Waals surface area contributed by atoms with Crippen molar-refractivity contribution < 1.29 is 28.8 Å². The summed E-state index contributed by atoms with van der Waals surface area (Å²) in [6, 6.07) is 4.87. The zero-order chi connectivity index (χ0) is 38.3. The van der Waals surface area contributed by atoms with Crippen molar-refractivity contribution in [1.29, 1.82) is 0 Å². The van der Waals surface area contributed by atoms with E-state index in [4.69, 9.17) is 0 Å². The van der Waals surface area contributed by atoms with Gasteiger partial charge in [0.05, 0.1) is 18.3 Å². The molecule has 2 aromatic rings. The lowest BCUT2D eigenvalue weighted by molar-refractivity contribution is -0.149. The summed E-state index contributed by atoms with van der Waals surface area (Å²) in [6.45, 7) is 9.24. The molecule has 5 amide bonds. The van der Waals surface area contributed by atoms with E-state index in [0.717, 1.165) is 50.5 Å². The number of amides is 5. The number of hydrogen-bond acceptors (Lipinski definition) is 8. The Morgan fingerprint density at radius 1 is 0.887 bits per heavy atom. The highest BCUT2D eigenvalue weighted by molar-refractivity contribution is 6.38. The third-order valence-corrected chi connectivity index (χ3v) is 11.1. The number of piperidine rings is 1. The van der Waals surface area contributed by atoms with Gasteiger partial charge in [0.25, 0.3) is 11.8 Å². The lowest BCUT2D eigenvalue weighted by Gasteiger charge is -2.41. The van der Waals surface area contributed by atoms with Crippen LogP contribution in [0.4, 0.5) is 0 Å². The second kappa shape index (κ2) is 17.4. The number of likely N-dealkylation sites (tertiary alicyclic amines) is 1. The van der Waals surface area contributed by atoms with Crippen molar-refractivity contribution in [3.05, 3.63) is 60.2 Å². The van der Waals surface area contributed by atoms with E-state index in [-0.39, 0.29) is 35.9 Å². The highest BCUT2D eigenvalue weighted by atomic mass is 16.2. The summed E-state index contributed by atoms with van der Waals surface area (Å²) in [5.41, 5.74) is 0.185. The van der Waals surface area contributed by atoms with Gasteiger partial charge in [-0.05, 0) is 68.3 Å². The third kappa shape index (κ3) is 9.47. The van der Waals surface area contributed by atoms with Gasteiger partial charge in [-0.15, -0.1) is 0 Å². The fraction of sp³-hybridized carbons (Fsp3) is 0.600. The highest BCUT2D eigenvalue weighted by Gasteiger charge is 2.54. The molecule has 286 valence electrons. The van der Waals surface area contributed by atoms with Crippen molar-refractivity contribution in [1.82, 2.24) is 36.1 Å². The molecule has 1 unspecified atom stereocenters. The number of hydrogen-bond donors (Lipinski definition) is 4. The van der Waals surface area contributed by atoms with Gasteiger partial charge in [-0.25, -0.2) is 4.98 Å². The third-order valence-electron chi connectivity index (χ3n) is 11.1. The van der Waals surface area contributed by atoms with E-state index in [0.29, 0.717) is 12.8 Å². The van der Waals surface area contributed by atoms with Crippen LogP contribution in [0.1, 0.15) is 121 Å². The lowest BCUT2D eigenvalue weighted by atomic mass is 9.81. The largest absolute Gasteiger partial charge is 0.344 e. The molecule has 0 spiro atoms. The summed E-state index contributed by atoms with van der Waals surface area (Å²) in [4.78, 5) is 92.5. The van der Waals surface area contributed by atoms with Gasteiger partial charge in [0.2, 0.25) is 23.5 Å². The second-order valence-corrected chi connectivity index (χ2v) is 16.0. The first-order chi connectivity index (χ1) is 25.3. The Hall–Kier alpha value is -4.68. The van der Waals surface area contributed by atoms with Crippen molar-refractivity contribution >= 4 is 35.3 Å². The topological polar surface area (TPSA) is 180 Å². The zero-order valence-corrected chi connectivity index (χ0v) is 31.6. The van der Waals surface area contributed by atoms with Crippen LogP contribution in [0.5, 0.6) is 0 Å². The number of benzene rings is 1. The Balaban J connectivity index is 1.33. The maximum absolute atomic E-state index is 14.7. The number of aromatic nitrogens is 2. The maximum atomic E-state index is 14.7. The quantitative estimate of drug-likeness (QED) is 0.212. The molecule has 13 nitrogen and oxygen atoms in total. The predicted octanol–water partition coefficient (Wildman–Crippen LogP) is 3.80. The molecule has 3 fully saturated rings. The number of carbonyl (C=O) groups is 6. The van der Waals surface area contributed by atoms with Crippen molar-refractivity contribution in [3.8, 4) is 0 Å². The zero-order valence-electron chi connectivity index (χ0n) is 31.6. The van der Waals surface area contributed by atoms with E-state index >= 15 is 0 Å². The van der Waals surface area contributed by atoms with Crippen LogP contribution in [-0.4, -0.2) is 80.4 Å². The molecule has 1 saturated heterocycles. The van der Waals surface area contributed by atoms with Gasteiger partial charge in [0, 0.05) is 18.4 Å². The summed E-state index contributed by atoms with van der Waals surface area (Å²) in [5, 5.41) is 11.5. The molecule has 2 saturated carbocycles. The Labute approximate surface area is 312 Å². The summed E-state index contributed by atoms with van der Waals surface area (Å²) < 4.78 is 0. The molecule has 5 rings (SSSR count). The standard InChI is InChI=1S/C40H55N7O6/c1-6-13-29(33(48)38(52)43-24(2)25-14-9-7-10-15-25)44-37(51)32-27-18-19-28(22-27)47(32)39(53)34(40(3,4)5)46-36(50)31(26-16-11-8-12-17-26)45-35(49)30-23-41-20-21-42-30/h7,9-10,14-15,20-21,23-24,26-29,31-32,34H,6,8,11-13,16-19,22H2,1-5H3,(H,43,52)(H,44,51)(H,45,49)(H,46,50)/t24-,27+,28-,29?,31-,32-,34+/m0/s1. The number of Topliss-reactive ketones (excluding diaryl/α,β-unsaturated/α-hetero) is 1. The van der Waals surface area contributed by atoms with E-state index in [1.165, 1.54) is 18.6 Å². The average molecular weight is 730 g/mol. The average Bonchev–Trinajstić information content (AvgIpc) is 3.78. The van der Waals surface area contributed by atoms with Crippen LogP contribution in [-0.2, 0) is 24.0 Å². The molecule has 0 radical (unpaired) electrons. The van der Waals surface area contributed by atoms with E-state index in [1.807, 2.05) is 58.0 Å². The summed E-state index contributed by atoms with van der Waals surface area (Å²) in [7, 11) is 0. The second-order valence-electron chi connectivity index (χ2n) is 16.0. The normalized spacial score (nSPS) is 22.2. The molecule has 2 bridgehead atoms. The molecule has 1 aromatic carbocycles. The fourth-order valence-electron chi connectivity index (χ4n) is 8.23. The van der Waals surface area contributed by atoms with E-state index in [9.17, 15) is 28.8 Å². The molecule has 1 aliphatic heterocycles. The molecule has 53 heavy (non-hydrogen) atoms. The van der Waals surface area contributed by atoms with Gasteiger partial charge >= 0.3 is 0 Å². The minimum absolute atomic E-state index is 0.0922. The first-order valence-electron chi connectivity index (χ1n) is 19.2. The van der Waals surface area contributed by atoms with Crippen LogP contribution in [0.3, 0.4) is 0 Å². The molecule has 2 heterocycles. The minimum atomic E-state index is -1.06. The van der Waals surface area contributed by atoms with Crippen LogP contribution < -0.4 is 21.3 Å². The molecular formula is C40H55N7O6. The summed E-state index contributed by atoms with van der Waals surface area (Å²) in [6.07, 6.45) is 11.6. The molecule has 4 N–H and O–H groups in total. The number of fused-ring (bicyclic) bond motifs is 2. The molecule has 13 heteroatoms. The monoisotopic (exact) mass is 729 g/mol. The molecule has 1 aromatic heterocycles. The molecule has 2 aliphatic carbocycles. The van der Waals surface area contributed by atoms with E-state index < -0.39 is 65.0 Å². The SMILES string of the molecule is CCCC(NC(=O)[C@@H]1[C@@H]2CC[C@@H](C2)N1C(=O)[C@@H](NC(=O)[C@@H](NC(=O)c1cnccn1)C1CCCCC1)C(C)(C)C)C(=O)C(=O)N[C@@H](C)c1ccccc1. The molecule has 7 atom stereocenters. The van der Waals surface area contributed by atoms with Crippen LogP contribution >= 0.6 is 0 Å². The fourth-order valence-corrected chi connectivity index (χ4v) is 8.23. The maximum Gasteiger partial charge on any atom is 0.290 e. The van der Waals surface area contributed by atoms with Crippen LogP contribution in [0.25, 0.3) is 0 Å². The van der Waals surface area contributed by atoms with Gasteiger partial charge in [-0.2, -0.15) is 0 Å². The molecule has 3 aliphatic rings. The van der Waals surface area contributed by atoms with E-state index in [2.05, 4.69) is 31.2 Å². The Morgan fingerprint density at radius 2 is 1.60 bits per heavy atom. The number of carbonyl (C=O) groups excluding carboxylic acids is 6. The minimum Gasteiger partial charge on any atom is -0.344 e. The first kappa shape index (κ1) is 39.5. The number of ketones is 1. The smallest absolute Gasteiger partial charge is 0.290 e.